The Morgan fingerprint density at radius 3 is 2.14 bits per heavy atom. The molecule has 5 rings (SSSR count). The molecule has 1 heterocycles. The highest BCUT2D eigenvalue weighted by atomic mass is 16.5. The van der Waals surface area contributed by atoms with E-state index >= 15 is 0 Å². The smallest absolute Gasteiger partial charge is 0.343 e. The van der Waals surface area contributed by atoms with E-state index in [2.05, 4.69) is 12.2 Å². The fraction of sp³-hybridized carbons (Fsp3) is 0.261. The average molecular weight is 373 g/mol. The number of esters is 1. The maximum absolute atomic E-state index is 12.9. The van der Waals surface area contributed by atoms with Gasteiger partial charge in [0.25, 0.3) is 0 Å². The number of rotatable bonds is 3. The van der Waals surface area contributed by atoms with Crippen molar-refractivity contribution in [1.82, 2.24) is 0 Å². The fourth-order valence-electron chi connectivity index (χ4n) is 4.73. The third-order valence-electron chi connectivity index (χ3n) is 6.13. The molecule has 0 aromatic heterocycles. The minimum absolute atomic E-state index is 0.123. The Morgan fingerprint density at radius 1 is 0.929 bits per heavy atom. The van der Waals surface area contributed by atoms with Crippen LogP contribution in [0.5, 0.6) is 5.75 Å². The first-order chi connectivity index (χ1) is 13.5. The van der Waals surface area contributed by atoms with Crippen molar-refractivity contribution in [2.75, 3.05) is 4.90 Å². The van der Waals surface area contributed by atoms with Crippen LogP contribution >= 0.6 is 0 Å². The van der Waals surface area contributed by atoms with E-state index in [1.165, 1.54) is 4.90 Å². The molecule has 5 nitrogen and oxygen atoms in total. The number of ether oxygens (including phenoxy) is 1. The number of benzene rings is 2. The number of para-hydroxylation sites is 1. The van der Waals surface area contributed by atoms with Crippen LogP contribution in [0.4, 0.5) is 5.69 Å². The molecule has 1 saturated heterocycles. The highest BCUT2D eigenvalue weighted by molar-refractivity contribution is 6.22. The summed E-state index contributed by atoms with van der Waals surface area (Å²) >= 11 is 0. The summed E-state index contributed by atoms with van der Waals surface area (Å²) in [6.45, 7) is 1.87. The van der Waals surface area contributed by atoms with Crippen LogP contribution in [0.2, 0.25) is 0 Å². The molecule has 0 radical (unpaired) electrons. The zero-order valence-corrected chi connectivity index (χ0v) is 15.4. The van der Waals surface area contributed by atoms with E-state index < -0.39 is 5.97 Å². The Balaban J connectivity index is 1.36. The summed E-state index contributed by atoms with van der Waals surface area (Å²) in [6, 6.07) is 13.8. The number of hydrogen-bond donors (Lipinski definition) is 0. The largest absolute Gasteiger partial charge is 0.423 e. The lowest BCUT2D eigenvalue weighted by Crippen LogP contribution is -2.32. The van der Waals surface area contributed by atoms with Gasteiger partial charge in [0.1, 0.15) is 5.75 Å². The third-order valence-corrected chi connectivity index (χ3v) is 6.13. The molecule has 1 aliphatic heterocycles. The van der Waals surface area contributed by atoms with Gasteiger partial charge in [0, 0.05) is 0 Å². The van der Waals surface area contributed by atoms with Crippen LogP contribution in [0.15, 0.2) is 60.7 Å². The number of allylic oxidation sites excluding steroid dienone is 2. The van der Waals surface area contributed by atoms with Crippen LogP contribution in [-0.2, 0) is 9.59 Å². The summed E-state index contributed by atoms with van der Waals surface area (Å²) in [4.78, 5) is 39.4. The molecule has 4 atom stereocenters. The van der Waals surface area contributed by atoms with E-state index in [1.54, 1.807) is 30.3 Å². The van der Waals surface area contributed by atoms with Gasteiger partial charge in [0.15, 0.2) is 0 Å². The molecular weight excluding hydrogens is 354 g/mol. The van der Waals surface area contributed by atoms with Gasteiger partial charge in [-0.2, -0.15) is 0 Å². The van der Waals surface area contributed by atoms with Crippen molar-refractivity contribution < 1.29 is 19.1 Å². The Labute approximate surface area is 162 Å². The van der Waals surface area contributed by atoms with Crippen molar-refractivity contribution in [3.8, 4) is 5.75 Å². The van der Waals surface area contributed by atoms with Gasteiger partial charge in [0.05, 0.1) is 23.1 Å². The predicted molar refractivity (Wildman–Crippen MR) is 103 cm³/mol. The van der Waals surface area contributed by atoms with Crippen molar-refractivity contribution in [2.24, 2.45) is 23.7 Å². The van der Waals surface area contributed by atoms with Crippen LogP contribution in [0.25, 0.3) is 0 Å². The lowest BCUT2D eigenvalue weighted by atomic mass is 9.85. The fourth-order valence-corrected chi connectivity index (χ4v) is 4.73. The number of nitrogens with zero attached hydrogens (tertiary/aromatic N) is 1. The lowest BCUT2D eigenvalue weighted by molar-refractivity contribution is -0.123. The summed E-state index contributed by atoms with van der Waals surface area (Å²) in [6.07, 6.45) is 5.06. The summed E-state index contributed by atoms with van der Waals surface area (Å²) in [5.74, 6) is -0.304. The third kappa shape index (κ3) is 2.43. The van der Waals surface area contributed by atoms with Gasteiger partial charge in [-0.25, -0.2) is 4.79 Å². The second kappa shape index (κ2) is 6.16. The van der Waals surface area contributed by atoms with Gasteiger partial charge in [-0.05, 0) is 61.1 Å². The molecule has 2 fully saturated rings. The summed E-state index contributed by atoms with van der Waals surface area (Å²) in [5.41, 5.74) is 1.75. The first-order valence-corrected chi connectivity index (χ1v) is 9.48. The SMILES string of the molecule is Cc1ccccc1OC(=O)c1ccc(N2C(=O)[C@@H]3[C@@H](C2=O)[C@H]2C=C[C@H]3C2)cc1. The van der Waals surface area contributed by atoms with E-state index in [0.29, 0.717) is 17.0 Å². The van der Waals surface area contributed by atoms with E-state index in [0.717, 1.165) is 12.0 Å². The number of fused-ring (bicyclic) bond motifs is 5. The Kier molecular flexibility index (Phi) is 3.72. The monoisotopic (exact) mass is 373 g/mol. The summed E-state index contributed by atoms with van der Waals surface area (Å²) in [7, 11) is 0. The second-order valence-corrected chi connectivity index (χ2v) is 7.71. The Morgan fingerprint density at radius 2 is 1.54 bits per heavy atom. The topological polar surface area (TPSA) is 63.7 Å². The molecule has 1 saturated carbocycles. The molecule has 2 amide bonds. The minimum Gasteiger partial charge on any atom is -0.423 e. The average Bonchev–Trinajstić information content (AvgIpc) is 3.38. The normalized spacial score (nSPS) is 27.4. The highest BCUT2D eigenvalue weighted by Gasteiger charge is 2.59. The van der Waals surface area contributed by atoms with Gasteiger partial charge in [-0.15, -0.1) is 0 Å². The van der Waals surface area contributed by atoms with Crippen LogP contribution in [0, 0.1) is 30.6 Å². The molecule has 2 bridgehead atoms. The van der Waals surface area contributed by atoms with Gasteiger partial charge in [-0.3, -0.25) is 14.5 Å². The number of hydrogen-bond acceptors (Lipinski definition) is 4. The quantitative estimate of drug-likeness (QED) is 0.357. The van der Waals surface area contributed by atoms with Crippen molar-refractivity contribution in [2.45, 2.75) is 13.3 Å². The molecule has 2 aromatic rings. The van der Waals surface area contributed by atoms with Crippen LogP contribution in [-0.4, -0.2) is 17.8 Å². The van der Waals surface area contributed by atoms with Crippen LogP contribution < -0.4 is 9.64 Å². The molecule has 0 N–H and O–H groups in total. The Bertz CT molecular complexity index is 993. The van der Waals surface area contributed by atoms with Gasteiger partial charge in [-0.1, -0.05) is 30.4 Å². The first kappa shape index (κ1) is 16.9. The highest BCUT2D eigenvalue weighted by Crippen LogP contribution is 2.53. The van der Waals surface area contributed by atoms with Crippen molar-refractivity contribution >= 4 is 23.5 Å². The number of carbonyl (C=O) groups is 3. The van der Waals surface area contributed by atoms with Crippen LogP contribution in [0.1, 0.15) is 22.3 Å². The summed E-state index contributed by atoms with van der Waals surface area (Å²) in [5, 5.41) is 0. The van der Waals surface area contributed by atoms with Crippen LogP contribution in [0.3, 0.4) is 0 Å². The molecule has 3 aliphatic rings. The van der Waals surface area contributed by atoms with E-state index in [4.69, 9.17) is 4.74 Å². The van der Waals surface area contributed by atoms with E-state index in [1.807, 2.05) is 25.1 Å². The number of amides is 2. The molecule has 2 aromatic carbocycles. The zero-order chi connectivity index (χ0) is 19.4. The van der Waals surface area contributed by atoms with Crippen molar-refractivity contribution in [3.05, 3.63) is 71.8 Å². The number of carbonyl (C=O) groups excluding carboxylic acids is 3. The van der Waals surface area contributed by atoms with Gasteiger partial charge in [0.2, 0.25) is 11.8 Å². The molecule has 140 valence electrons. The van der Waals surface area contributed by atoms with Crippen molar-refractivity contribution in [3.63, 3.8) is 0 Å². The zero-order valence-electron chi connectivity index (χ0n) is 15.4. The minimum atomic E-state index is -0.473. The molecule has 0 spiro atoms. The number of aryl methyl sites for hydroxylation is 1. The Hall–Kier alpha value is -3.21. The number of anilines is 1. The second-order valence-electron chi connectivity index (χ2n) is 7.71. The molecule has 2 aliphatic carbocycles. The van der Waals surface area contributed by atoms with Gasteiger partial charge >= 0.3 is 5.97 Å². The molecular formula is C23H19NO4. The predicted octanol–water partition coefficient (Wildman–Crippen LogP) is 3.53. The maximum atomic E-state index is 12.9. The molecule has 5 heteroatoms. The van der Waals surface area contributed by atoms with E-state index in [-0.39, 0.29) is 35.5 Å². The van der Waals surface area contributed by atoms with E-state index in [9.17, 15) is 14.4 Å². The standard InChI is InChI=1S/C23H19NO4/c1-13-4-2-3-5-18(13)28-23(27)14-8-10-17(11-9-14)24-21(25)19-15-6-7-16(12-15)20(19)22(24)26/h2-11,15-16,19-20H,12H2,1H3/t15-,16-,19-,20-/m0/s1. The molecule has 28 heavy (non-hydrogen) atoms. The number of imide groups is 1. The summed E-state index contributed by atoms with van der Waals surface area (Å²) < 4.78 is 5.44. The first-order valence-electron chi connectivity index (χ1n) is 9.48. The lowest BCUT2D eigenvalue weighted by Gasteiger charge is -2.17. The molecule has 0 unspecified atom stereocenters. The van der Waals surface area contributed by atoms with Gasteiger partial charge < -0.3 is 4.74 Å². The maximum Gasteiger partial charge on any atom is 0.343 e. The van der Waals surface area contributed by atoms with Crippen molar-refractivity contribution in [1.29, 1.82) is 0 Å².